The number of hydrogen-bond donors (Lipinski definition) is 1. The Morgan fingerprint density at radius 2 is 1.81 bits per heavy atom. The molecule has 96 valence electrons. The maximum absolute atomic E-state index is 11.9. The lowest BCUT2D eigenvalue weighted by Gasteiger charge is -2.20. The molecule has 0 aliphatic heterocycles. The number of aliphatic carboxylic acids is 1. The molecule has 0 saturated carbocycles. The van der Waals surface area contributed by atoms with E-state index >= 15 is 0 Å². The number of carboxylic acid groups (broad SMARTS) is 1. The summed E-state index contributed by atoms with van der Waals surface area (Å²) in [7, 11) is -1.28. The van der Waals surface area contributed by atoms with Crippen molar-refractivity contribution in [1.82, 2.24) is 4.90 Å². The van der Waals surface area contributed by atoms with Crippen LogP contribution in [0, 0.1) is 5.92 Å². The summed E-state index contributed by atoms with van der Waals surface area (Å²) >= 11 is 0. The second kappa shape index (κ2) is 7.79. The van der Waals surface area contributed by atoms with Crippen LogP contribution in [-0.4, -0.2) is 50.8 Å². The normalized spacial score (nSPS) is 15.4. The van der Waals surface area contributed by atoms with Crippen molar-refractivity contribution in [2.75, 3.05) is 25.4 Å². The predicted octanol–water partition coefficient (Wildman–Crippen LogP) is 1.19. The van der Waals surface area contributed by atoms with Crippen molar-refractivity contribution in [3.05, 3.63) is 0 Å². The maximum Gasteiger partial charge on any atom is 0.319 e. The van der Waals surface area contributed by atoms with Crippen LogP contribution >= 0.6 is 0 Å². The van der Waals surface area contributed by atoms with Crippen LogP contribution in [0.1, 0.15) is 27.7 Å². The van der Waals surface area contributed by atoms with Crippen LogP contribution in [0.25, 0.3) is 0 Å². The molecule has 2 unspecified atom stereocenters. The van der Waals surface area contributed by atoms with Crippen LogP contribution in [0.5, 0.6) is 0 Å². The molecular formula is C11H23NO3S. The molecule has 0 rings (SSSR count). The van der Waals surface area contributed by atoms with Gasteiger partial charge in [-0.2, -0.15) is 0 Å². The van der Waals surface area contributed by atoms with Gasteiger partial charge < -0.3 is 10.0 Å². The van der Waals surface area contributed by atoms with Gasteiger partial charge in [-0.15, -0.1) is 0 Å². The van der Waals surface area contributed by atoms with Crippen LogP contribution in [0.4, 0.5) is 0 Å². The van der Waals surface area contributed by atoms with E-state index in [2.05, 4.69) is 4.90 Å². The number of hydrogen-bond acceptors (Lipinski definition) is 3. The van der Waals surface area contributed by atoms with E-state index in [1.807, 2.05) is 13.8 Å². The summed E-state index contributed by atoms with van der Waals surface area (Å²) in [5.41, 5.74) is 0. The van der Waals surface area contributed by atoms with Crippen molar-refractivity contribution in [2.45, 2.75) is 32.9 Å². The van der Waals surface area contributed by atoms with Crippen molar-refractivity contribution in [3.8, 4) is 0 Å². The van der Waals surface area contributed by atoms with Crippen molar-refractivity contribution >= 4 is 16.8 Å². The van der Waals surface area contributed by atoms with E-state index in [0.717, 1.165) is 13.1 Å². The molecule has 5 heteroatoms. The van der Waals surface area contributed by atoms with Crippen molar-refractivity contribution in [2.24, 2.45) is 5.92 Å². The molecule has 2 atom stereocenters. The van der Waals surface area contributed by atoms with Gasteiger partial charge in [0.05, 0.1) is 0 Å². The van der Waals surface area contributed by atoms with Crippen LogP contribution in [0.15, 0.2) is 0 Å². The zero-order valence-electron chi connectivity index (χ0n) is 10.6. The van der Waals surface area contributed by atoms with Gasteiger partial charge in [-0.3, -0.25) is 9.00 Å². The Kier molecular flexibility index (Phi) is 7.58. The first-order chi connectivity index (χ1) is 7.43. The first-order valence-electron chi connectivity index (χ1n) is 5.76. The van der Waals surface area contributed by atoms with E-state index in [1.165, 1.54) is 0 Å². The summed E-state index contributed by atoms with van der Waals surface area (Å²) in [5, 5.41) is 8.25. The standard InChI is InChI=1S/C11H23NO3S/c1-5-12(6-2)7-8-16(15)10(9(3)4)11(13)14/h9-10H,5-8H2,1-4H3,(H,13,14). The number of carboxylic acids is 1. The minimum atomic E-state index is -1.28. The molecule has 0 aromatic rings. The molecular weight excluding hydrogens is 226 g/mol. The van der Waals surface area contributed by atoms with Crippen molar-refractivity contribution < 1.29 is 14.1 Å². The predicted molar refractivity (Wildman–Crippen MR) is 67.1 cm³/mol. The number of rotatable bonds is 8. The van der Waals surface area contributed by atoms with Gasteiger partial charge in [-0.1, -0.05) is 27.7 Å². The Morgan fingerprint density at radius 3 is 2.12 bits per heavy atom. The van der Waals surface area contributed by atoms with E-state index in [4.69, 9.17) is 5.11 Å². The molecule has 1 N–H and O–H groups in total. The molecule has 0 saturated heterocycles. The zero-order valence-corrected chi connectivity index (χ0v) is 11.4. The van der Waals surface area contributed by atoms with E-state index in [0.29, 0.717) is 12.3 Å². The molecule has 0 heterocycles. The summed E-state index contributed by atoms with van der Waals surface area (Å²) in [6.45, 7) is 10.2. The number of nitrogens with zero attached hydrogens (tertiary/aromatic N) is 1. The SMILES string of the molecule is CCN(CC)CCS(=O)C(C(=O)O)C(C)C. The van der Waals surface area contributed by atoms with E-state index in [1.54, 1.807) is 13.8 Å². The lowest BCUT2D eigenvalue weighted by Crippen LogP contribution is -2.36. The molecule has 0 aliphatic rings. The van der Waals surface area contributed by atoms with Gasteiger partial charge in [-0.05, 0) is 19.0 Å². The Balaban J connectivity index is 4.27. The summed E-state index contributed by atoms with van der Waals surface area (Å²) in [6.07, 6.45) is 0. The fourth-order valence-electron chi connectivity index (χ4n) is 1.59. The molecule has 0 bridgehead atoms. The molecule has 16 heavy (non-hydrogen) atoms. The smallest absolute Gasteiger partial charge is 0.319 e. The Hall–Kier alpha value is -0.420. The van der Waals surface area contributed by atoms with Gasteiger partial charge in [0, 0.05) is 23.1 Å². The maximum atomic E-state index is 11.9. The van der Waals surface area contributed by atoms with Gasteiger partial charge >= 0.3 is 5.97 Å². The summed E-state index contributed by atoms with van der Waals surface area (Å²) < 4.78 is 11.9. The van der Waals surface area contributed by atoms with Gasteiger partial charge in [-0.25, -0.2) is 0 Å². The Morgan fingerprint density at radius 1 is 1.31 bits per heavy atom. The highest BCUT2D eigenvalue weighted by atomic mass is 32.2. The first kappa shape index (κ1) is 15.6. The molecule has 0 spiro atoms. The lowest BCUT2D eigenvalue weighted by atomic mass is 10.1. The molecule has 0 aliphatic carbocycles. The van der Waals surface area contributed by atoms with Gasteiger partial charge in [0.2, 0.25) is 0 Å². The quantitative estimate of drug-likeness (QED) is 0.702. The fraction of sp³-hybridized carbons (Fsp3) is 0.909. The molecule has 0 amide bonds. The van der Waals surface area contributed by atoms with E-state index < -0.39 is 22.0 Å². The first-order valence-corrected chi connectivity index (χ1v) is 7.14. The highest BCUT2D eigenvalue weighted by Gasteiger charge is 2.27. The molecule has 0 radical (unpaired) electrons. The minimum Gasteiger partial charge on any atom is -0.480 e. The van der Waals surface area contributed by atoms with Crippen LogP contribution in [0.3, 0.4) is 0 Å². The fourth-order valence-corrected chi connectivity index (χ4v) is 3.11. The highest BCUT2D eigenvalue weighted by Crippen LogP contribution is 2.10. The summed E-state index contributed by atoms with van der Waals surface area (Å²) in [4.78, 5) is 13.1. The van der Waals surface area contributed by atoms with Crippen molar-refractivity contribution in [3.63, 3.8) is 0 Å². The third kappa shape index (κ3) is 5.07. The third-order valence-corrected chi connectivity index (χ3v) is 4.53. The molecule has 4 nitrogen and oxygen atoms in total. The lowest BCUT2D eigenvalue weighted by molar-refractivity contribution is -0.137. The van der Waals surface area contributed by atoms with Crippen LogP contribution < -0.4 is 0 Å². The molecule has 0 fully saturated rings. The monoisotopic (exact) mass is 249 g/mol. The van der Waals surface area contributed by atoms with Gasteiger partial charge in [0.15, 0.2) is 0 Å². The van der Waals surface area contributed by atoms with Crippen molar-refractivity contribution in [1.29, 1.82) is 0 Å². The topological polar surface area (TPSA) is 57.6 Å². The average molecular weight is 249 g/mol. The van der Waals surface area contributed by atoms with E-state index in [-0.39, 0.29) is 5.92 Å². The Bertz CT molecular complexity index is 239. The number of carbonyl (C=O) groups is 1. The van der Waals surface area contributed by atoms with E-state index in [9.17, 15) is 9.00 Å². The minimum absolute atomic E-state index is 0.0879. The van der Waals surface area contributed by atoms with Gasteiger partial charge in [0.1, 0.15) is 5.25 Å². The zero-order chi connectivity index (χ0) is 12.7. The van der Waals surface area contributed by atoms with Gasteiger partial charge in [0.25, 0.3) is 0 Å². The second-order valence-electron chi connectivity index (χ2n) is 4.11. The summed E-state index contributed by atoms with van der Waals surface area (Å²) in [5.74, 6) is -0.598. The van der Waals surface area contributed by atoms with Crippen LogP contribution in [-0.2, 0) is 15.6 Å². The molecule has 0 aromatic carbocycles. The largest absolute Gasteiger partial charge is 0.480 e. The average Bonchev–Trinajstić information content (AvgIpc) is 2.18. The second-order valence-corrected chi connectivity index (χ2v) is 5.79. The summed E-state index contributed by atoms with van der Waals surface area (Å²) in [6, 6.07) is 0. The molecule has 0 aromatic heterocycles. The third-order valence-electron chi connectivity index (χ3n) is 2.64. The van der Waals surface area contributed by atoms with Crippen LogP contribution in [0.2, 0.25) is 0 Å². The highest BCUT2D eigenvalue weighted by molar-refractivity contribution is 7.86. The Labute approximate surface area is 100 Å².